The van der Waals surface area contributed by atoms with Crippen molar-refractivity contribution < 1.29 is 42.2 Å². The molecule has 3 fully saturated rings. The minimum atomic E-state index is -4.75. The summed E-state index contributed by atoms with van der Waals surface area (Å²) in [6.45, 7) is 1.88. The lowest BCUT2D eigenvalue weighted by Gasteiger charge is -2.50. The van der Waals surface area contributed by atoms with E-state index in [0.29, 0.717) is 34.0 Å². The van der Waals surface area contributed by atoms with Crippen LogP contribution in [0, 0.1) is 23.7 Å². The number of phenols is 1. The molecule has 6 atom stereocenters. The Morgan fingerprint density at radius 3 is 2.39 bits per heavy atom. The molecule has 4 amide bonds. The van der Waals surface area contributed by atoms with E-state index in [-0.39, 0.29) is 53.0 Å². The normalized spacial score (nSPS) is 27.3. The summed E-state index contributed by atoms with van der Waals surface area (Å²) >= 11 is 15.9. The van der Waals surface area contributed by atoms with Crippen molar-refractivity contribution in [2.75, 3.05) is 19.1 Å². The Labute approximate surface area is 307 Å². The quantitative estimate of drug-likeness (QED) is 0.204. The van der Waals surface area contributed by atoms with Gasteiger partial charge in [0, 0.05) is 23.7 Å². The zero-order chi connectivity index (χ0) is 36.7. The van der Waals surface area contributed by atoms with Gasteiger partial charge in [-0.05, 0) is 83.1 Å². The molecule has 0 bridgehead atoms. The fourth-order valence-corrected chi connectivity index (χ4v) is 9.25. The SMILES string of the molecule is CCN1C(=O)C2CC=C3C(CC4C(=O)N(Nc5ncc(C(F)(F)F)cc5Cl)C(=O)C4(c4ccc(Cl)cc4)C3c3cc(Br)c(O)c(OC)c3)C2C1=O. The van der Waals surface area contributed by atoms with Crippen LogP contribution in [-0.4, -0.2) is 57.3 Å². The Kier molecular flexibility index (Phi) is 8.66. The van der Waals surface area contributed by atoms with Crippen LogP contribution >= 0.6 is 39.1 Å². The Balaban J connectivity index is 1.47. The van der Waals surface area contributed by atoms with Gasteiger partial charge in [0.15, 0.2) is 17.3 Å². The second kappa shape index (κ2) is 12.5. The van der Waals surface area contributed by atoms with Crippen LogP contribution in [0.5, 0.6) is 11.5 Å². The van der Waals surface area contributed by atoms with Gasteiger partial charge in [0.2, 0.25) is 11.8 Å². The summed E-state index contributed by atoms with van der Waals surface area (Å²) in [6, 6.07) is 10.2. The average Bonchev–Trinajstić information content (AvgIpc) is 3.46. The first-order chi connectivity index (χ1) is 24.1. The number of carbonyl (C=O) groups is 4. The van der Waals surface area contributed by atoms with Crippen LogP contribution < -0.4 is 10.2 Å². The minimum absolute atomic E-state index is 0.0178. The van der Waals surface area contributed by atoms with Crippen LogP contribution in [0.1, 0.15) is 42.4 Å². The monoisotopic (exact) mass is 806 g/mol. The van der Waals surface area contributed by atoms with Gasteiger partial charge in [-0.25, -0.2) is 4.98 Å². The number of ether oxygens (including phenoxy) is 1. The third-order valence-electron chi connectivity index (χ3n) is 10.6. The molecule has 51 heavy (non-hydrogen) atoms. The highest BCUT2D eigenvalue weighted by Crippen LogP contribution is 2.64. The molecular weight excluding hydrogens is 780 g/mol. The first kappa shape index (κ1) is 35.3. The molecule has 1 aromatic heterocycles. The molecule has 6 unspecified atom stereocenters. The number of nitrogens with zero attached hydrogens (tertiary/aromatic N) is 3. The zero-order valence-electron chi connectivity index (χ0n) is 26.8. The number of hydrogen-bond donors (Lipinski definition) is 2. The molecule has 2 N–H and O–H groups in total. The van der Waals surface area contributed by atoms with Crippen LogP contribution in [-0.2, 0) is 30.8 Å². The van der Waals surface area contributed by atoms with E-state index in [1.165, 1.54) is 12.0 Å². The van der Waals surface area contributed by atoms with E-state index in [1.807, 2.05) is 6.08 Å². The van der Waals surface area contributed by atoms with Crippen molar-refractivity contribution in [1.29, 1.82) is 0 Å². The number of halogens is 6. The van der Waals surface area contributed by atoms with Gasteiger partial charge in [-0.2, -0.15) is 18.2 Å². The van der Waals surface area contributed by atoms with E-state index in [9.17, 15) is 32.7 Å². The number of hydrogen-bond acceptors (Lipinski definition) is 8. The molecule has 16 heteroatoms. The number of fused-ring (bicyclic) bond motifs is 4. The first-order valence-electron chi connectivity index (χ1n) is 15.9. The van der Waals surface area contributed by atoms with E-state index in [0.717, 1.165) is 5.01 Å². The topological polar surface area (TPSA) is 129 Å². The molecule has 2 saturated heterocycles. The fourth-order valence-electron chi connectivity index (χ4n) is 8.45. The predicted octanol–water partition coefficient (Wildman–Crippen LogP) is 6.89. The van der Waals surface area contributed by atoms with E-state index >= 15 is 4.79 Å². The minimum Gasteiger partial charge on any atom is -0.503 e. The maximum atomic E-state index is 15.2. The fraction of sp³-hybridized carbons (Fsp3) is 0.343. The van der Waals surface area contributed by atoms with Gasteiger partial charge in [-0.15, -0.1) is 0 Å². The smallest absolute Gasteiger partial charge is 0.417 e. The highest BCUT2D eigenvalue weighted by Gasteiger charge is 2.70. The van der Waals surface area contributed by atoms with E-state index in [2.05, 4.69) is 26.3 Å². The molecule has 266 valence electrons. The maximum Gasteiger partial charge on any atom is 0.417 e. The number of aromatic hydroxyl groups is 1. The molecule has 3 aromatic rings. The van der Waals surface area contributed by atoms with Crippen molar-refractivity contribution in [1.82, 2.24) is 14.9 Å². The number of allylic oxidation sites excluding steroid dienone is 2. The number of hydrazine groups is 1. The van der Waals surface area contributed by atoms with Crippen LogP contribution in [0.3, 0.4) is 0 Å². The van der Waals surface area contributed by atoms with Crippen LogP contribution in [0.15, 0.2) is 64.8 Å². The number of carbonyl (C=O) groups excluding carboxylic acids is 4. The molecular formula is C35H28BrCl2F3N4O6. The van der Waals surface area contributed by atoms with Gasteiger partial charge < -0.3 is 9.84 Å². The number of aromatic nitrogens is 1. The Bertz CT molecular complexity index is 2050. The van der Waals surface area contributed by atoms with Gasteiger partial charge in [0.1, 0.15) is 0 Å². The van der Waals surface area contributed by atoms with Gasteiger partial charge in [-0.1, -0.05) is 47.0 Å². The number of methoxy groups -OCH3 is 1. The largest absolute Gasteiger partial charge is 0.503 e. The van der Waals surface area contributed by atoms with Gasteiger partial charge >= 0.3 is 6.18 Å². The van der Waals surface area contributed by atoms with E-state index in [4.69, 9.17) is 27.9 Å². The summed E-state index contributed by atoms with van der Waals surface area (Å²) in [6.07, 6.45) is -2.16. The van der Waals surface area contributed by atoms with Crippen LogP contribution in [0.25, 0.3) is 0 Å². The predicted molar refractivity (Wildman–Crippen MR) is 182 cm³/mol. The van der Waals surface area contributed by atoms with E-state index < -0.39 is 63.6 Å². The second-order valence-electron chi connectivity index (χ2n) is 12.9. The lowest BCUT2D eigenvalue weighted by Crippen LogP contribution is -2.53. The summed E-state index contributed by atoms with van der Waals surface area (Å²) in [5.41, 5.74) is 1.23. The molecule has 7 rings (SSSR count). The number of imide groups is 2. The number of phenolic OH excluding ortho intramolecular Hbond substituents is 1. The number of anilines is 1. The van der Waals surface area contributed by atoms with Crippen molar-refractivity contribution in [3.63, 3.8) is 0 Å². The van der Waals surface area contributed by atoms with Crippen molar-refractivity contribution in [3.05, 3.63) is 91.5 Å². The molecule has 1 saturated carbocycles. The van der Waals surface area contributed by atoms with Crippen molar-refractivity contribution in [3.8, 4) is 11.5 Å². The van der Waals surface area contributed by atoms with Gasteiger partial charge in [0.05, 0.1) is 45.3 Å². The summed E-state index contributed by atoms with van der Waals surface area (Å²) in [5.74, 6) is -6.96. The lowest BCUT2D eigenvalue weighted by atomic mass is 9.49. The first-order valence-corrected chi connectivity index (χ1v) is 17.4. The standard InChI is InChI=1S/C35H28BrCl2F3N4O6/c1-3-44-30(47)20-9-8-19-21(26(20)32(44)49)13-22-31(48)45(43-29-24(38)12-17(14-42-29)35(39,40)41)33(50)34(22,16-4-6-18(37)7-5-16)27(19)15-10-23(36)28(46)25(11-15)51-2/h4-8,10-12,14,20-22,26-27,46H,3,9,13H2,1-2H3,(H,42,43). The number of pyridine rings is 1. The highest BCUT2D eigenvalue weighted by atomic mass is 79.9. The molecule has 0 radical (unpaired) electrons. The molecule has 2 aromatic carbocycles. The van der Waals surface area contributed by atoms with Gasteiger partial charge in [-0.3, -0.25) is 29.5 Å². The number of alkyl halides is 3. The van der Waals surface area contributed by atoms with E-state index in [1.54, 1.807) is 43.3 Å². The Morgan fingerprint density at radius 2 is 1.76 bits per heavy atom. The molecule has 2 aliphatic heterocycles. The number of likely N-dealkylation sites (tertiary alicyclic amines) is 1. The number of rotatable bonds is 6. The molecule has 0 spiro atoms. The summed E-state index contributed by atoms with van der Waals surface area (Å²) in [7, 11) is 1.36. The van der Waals surface area contributed by atoms with Crippen molar-refractivity contribution >= 4 is 68.6 Å². The average molecular weight is 808 g/mol. The number of benzene rings is 2. The maximum absolute atomic E-state index is 15.2. The zero-order valence-corrected chi connectivity index (χ0v) is 29.9. The van der Waals surface area contributed by atoms with Crippen LogP contribution in [0.4, 0.5) is 19.0 Å². The summed E-state index contributed by atoms with van der Waals surface area (Å²) < 4.78 is 46.0. The second-order valence-corrected chi connectivity index (χ2v) is 14.6. The Morgan fingerprint density at radius 1 is 1.06 bits per heavy atom. The van der Waals surface area contributed by atoms with Crippen LogP contribution in [0.2, 0.25) is 10.0 Å². The van der Waals surface area contributed by atoms with Crippen molar-refractivity contribution in [2.45, 2.75) is 37.3 Å². The highest BCUT2D eigenvalue weighted by molar-refractivity contribution is 9.10. The number of nitrogens with one attached hydrogen (secondary N) is 1. The summed E-state index contributed by atoms with van der Waals surface area (Å²) in [5, 5.41) is 11.4. The molecule has 2 aliphatic carbocycles. The Hall–Kier alpha value is -4.14. The van der Waals surface area contributed by atoms with Crippen molar-refractivity contribution in [2.24, 2.45) is 23.7 Å². The molecule has 3 heterocycles. The third-order valence-corrected chi connectivity index (χ3v) is 11.7. The van der Waals surface area contributed by atoms with Gasteiger partial charge in [0.25, 0.3) is 11.8 Å². The summed E-state index contributed by atoms with van der Waals surface area (Å²) in [4.78, 5) is 62.2. The third kappa shape index (κ3) is 5.23. The lowest BCUT2D eigenvalue weighted by molar-refractivity contribution is -0.141. The molecule has 4 aliphatic rings. The number of amides is 4. The molecule has 10 nitrogen and oxygen atoms in total.